The first kappa shape index (κ1) is 13.5. The molecule has 3 heteroatoms. The van der Waals surface area contributed by atoms with E-state index in [0.29, 0.717) is 0 Å². The van der Waals surface area contributed by atoms with Crippen LogP contribution < -0.4 is 0 Å². The second-order valence-corrected chi connectivity index (χ2v) is 7.01. The van der Waals surface area contributed by atoms with Crippen LogP contribution in [0.5, 0.6) is 0 Å². The van der Waals surface area contributed by atoms with Gasteiger partial charge in [0.05, 0.1) is 0 Å². The molecular weight excluding hydrogens is 252 g/mol. The molecule has 2 aliphatic rings. The molecule has 0 aromatic heterocycles. The van der Waals surface area contributed by atoms with Gasteiger partial charge in [0, 0.05) is 44.2 Å². The molecule has 104 valence electrons. The summed E-state index contributed by atoms with van der Waals surface area (Å²) >= 11 is 2.11. The summed E-state index contributed by atoms with van der Waals surface area (Å²) in [7, 11) is 0. The fourth-order valence-electron chi connectivity index (χ4n) is 3.20. The van der Waals surface area contributed by atoms with Crippen molar-refractivity contribution in [3.8, 4) is 0 Å². The third kappa shape index (κ3) is 3.98. The molecule has 1 aromatic carbocycles. The zero-order valence-electron chi connectivity index (χ0n) is 11.6. The second kappa shape index (κ2) is 6.78. The van der Waals surface area contributed by atoms with E-state index in [-0.39, 0.29) is 0 Å². The molecule has 1 atom stereocenters. The SMILES string of the molecule is c1ccc(CN2CC[C@H](CN3CCSCC3)C2)cc1. The molecule has 2 nitrogen and oxygen atoms in total. The molecule has 0 amide bonds. The Balaban J connectivity index is 1.44. The summed E-state index contributed by atoms with van der Waals surface area (Å²) in [5.74, 6) is 3.56. The molecule has 0 saturated carbocycles. The molecule has 0 N–H and O–H groups in total. The molecule has 2 fully saturated rings. The number of hydrogen-bond acceptors (Lipinski definition) is 3. The number of nitrogens with zero attached hydrogens (tertiary/aromatic N) is 2. The van der Waals surface area contributed by atoms with Crippen LogP contribution in [0.1, 0.15) is 12.0 Å². The highest BCUT2D eigenvalue weighted by Crippen LogP contribution is 2.21. The number of rotatable bonds is 4. The molecule has 3 rings (SSSR count). The van der Waals surface area contributed by atoms with Gasteiger partial charge in [0.25, 0.3) is 0 Å². The summed E-state index contributed by atoms with van der Waals surface area (Å²) in [4.78, 5) is 5.30. The maximum Gasteiger partial charge on any atom is 0.0233 e. The van der Waals surface area contributed by atoms with Crippen LogP contribution in [0.2, 0.25) is 0 Å². The summed E-state index contributed by atoms with van der Waals surface area (Å²) in [5, 5.41) is 0. The minimum atomic E-state index is 0.895. The van der Waals surface area contributed by atoms with Gasteiger partial charge < -0.3 is 4.90 Å². The predicted octanol–water partition coefficient (Wildman–Crippen LogP) is 2.56. The third-order valence-corrected chi connectivity index (χ3v) is 5.18. The van der Waals surface area contributed by atoms with Gasteiger partial charge in [-0.1, -0.05) is 30.3 Å². The average Bonchev–Trinajstić information content (AvgIpc) is 2.88. The molecule has 0 bridgehead atoms. The quantitative estimate of drug-likeness (QED) is 0.834. The molecule has 19 heavy (non-hydrogen) atoms. The summed E-state index contributed by atoms with van der Waals surface area (Å²) in [5.41, 5.74) is 1.46. The Hall–Kier alpha value is -0.510. The van der Waals surface area contributed by atoms with Crippen LogP contribution in [0.25, 0.3) is 0 Å². The Labute approximate surface area is 121 Å². The molecule has 1 aromatic rings. The fourth-order valence-corrected chi connectivity index (χ4v) is 4.17. The Bertz CT molecular complexity index is 376. The summed E-state index contributed by atoms with van der Waals surface area (Å²) < 4.78 is 0. The van der Waals surface area contributed by atoms with Crippen molar-refractivity contribution >= 4 is 11.8 Å². The molecule has 0 unspecified atom stereocenters. The monoisotopic (exact) mass is 276 g/mol. The standard InChI is InChI=1S/C16H24N2S/c1-2-4-15(5-3-1)12-18-7-6-16(14-18)13-17-8-10-19-11-9-17/h1-5,16H,6-14H2/t16-/m1/s1. The Morgan fingerprint density at radius 3 is 2.58 bits per heavy atom. The molecule has 0 aliphatic carbocycles. The predicted molar refractivity (Wildman–Crippen MR) is 83.6 cm³/mol. The molecule has 0 radical (unpaired) electrons. The van der Waals surface area contributed by atoms with E-state index in [9.17, 15) is 0 Å². The van der Waals surface area contributed by atoms with E-state index < -0.39 is 0 Å². The molecule has 0 spiro atoms. The summed E-state index contributed by atoms with van der Waals surface area (Å²) in [6, 6.07) is 10.9. The molecular formula is C16H24N2S. The zero-order chi connectivity index (χ0) is 12.9. The Morgan fingerprint density at radius 1 is 1.00 bits per heavy atom. The first-order valence-electron chi connectivity index (χ1n) is 7.46. The number of likely N-dealkylation sites (tertiary alicyclic amines) is 1. The van der Waals surface area contributed by atoms with E-state index in [0.717, 1.165) is 12.5 Å². The van der Waals surface area contributed by atoms with E-state index in [1.54, 1.807) is 0 Å². The highest BCUT2D eigenvalue weighted by Gasteiger charge is 2.24. The van der Waals surface area contributed by atoms with Gasteiger partial charge in [-0.05, 0) is 24.4 Å². The maximum absolute atomic E-state index is 2.67. The van der Waals surface area contributed by atoms with E-state index in [1.165, 1.54) is 56.2 Å². The van der Waals surface area contributed by atoms with Crippen LogP contribution in [-0.4, -0.2) is 54.0 Å². The average molecular weight is 276 g/mol. The number of hydrogen-bond donors (Lipinski definition) is 0. The highest BCUT2D eigenvalue weighted by atomic mass is 32.2. The van der Waals surface area contributed by atoms with Gasteiger partial charge in [-0.25, -0.2) is 0 Å². The molecule has 2 aliphatic heterocycles. The van der Waals surface area contributed by atoms with E-state index in [1.807, 2.05) is 0 Å². The lowest BCUT2D eigenvalue weighted by atomic mass is 10.1. The minimum absolute atomic E-state index is 0.895. The van der Waals surface area contributed by atoms with Gasteiger partial charge in [0.15, 0.2) is 0 Å². The van der Waals surface area contributed by atoms with Crippen molar-refractivity contribution in [3.63, 3.8) is 0 Å². The van der Waals surface area contributed by atoms with Gasteiger partial charge in [0.1, 0.15) is 0 Å². The summed E-state index contributed by atoms with van der Waals surface area (Å²) in [6.45, 7) is 7.64. The van der Waals surface area contributed by atoms with Gasteiger partial charge in [-0.2, -0.15) is 11.8 Å². The van der Waals surface area contributed by atoms with Gasteiger partial charge in [-0.3, -0.25) is 4.90 Å². The van der Waals surface area contributed by atoms with Gasteiger partial charge >= 0.3 is 0 Å². The van der Waals surface area contributed by atoms with Crippen molar-refractivity contribution in [1.29, 1.82) is 0 Å². The van der Waals surface area contributed by atoms with E-state index >= 15 is 0 Å². The van der Waals surface area contributed by atoms with E-state index in [2.05, 4.69) is 51.9 Å². The first-order chi connectivity index (χ1) is 9.40. The number of benzene rings is 1. The van der Waals surface area contributed by atoms with Crippen LogP contribution in [0, 0.1) is 5.92 Å². The number of thioether (sulfide) groups is 1. The van der Waals surface area contributed by atoms with Crippen LogP contribution in [0.3, 0.4) is 0 Å². The van der Waals surface area contributed by atoms with Gasteiger partial charge in [0.2, 0.25) is 0 Å². The second-order valence-electron chi connectivity index (χ2n) is 5.79. The van der Waals surface area contributed by atoms with Crippen molar-refractivity contribution in [2.75, 3.05) is 44.2 Å². The highest BCUT2D eigenvalue weighted by molar-refractivity contribution is 7.99. The van der Waals surface area contributed by atoms with Crippen LogP contribution in [0.4, 0.5) is 0 Å². The largest absolute Gasteiger partial charge is 0.301 e. The minimum Gasteiger partial charge on any atom is -0.301 e. The zero-order valence-corrected chi connectivity index (χ0v) is 12.4. The van der Waals surface area contributed by atoms with E-state index in [4.69, 9.17) is 0 Å². The van der Waals surface area contributed by atoms with Crippen LogP contribution >= 0.6 is 11.8 Å². The Morgan fingerprint density at radius 2 is 1.79 bits per heavy atom. The lowest BCUT2D eigenvalue weighted by Crippen LogP contribution is -2.37. The normalized spacial score (nSPS) is 25.8. The van der Waals surface area contributed by atoms with Crippen LogP contribution in [-0.2, 0) is 6.54 Å². The first-order valence-corrected chi connectivity index (χ1v) is 8.62. The van der Waals surface area contributed by atoms with Crippen LogP contribution in [0.15, 0.2) is 30.3 Å². The lowest BCUT2D eigenvalue weighted by Gasteiger charge is -2.28. The van der Waals surface area contributed by atoms with Crippen molar-refractivity contribution in [2.24, 2.45) is 5.92 Å². The Kier molecular flexibility index (Phi) is 4.81. The maximum atomic E-state index is 2.67. The molecule has 2 saturated heterocycles. The van der Waals surface area contributed by atoms with Crippen molar-refractivity contribution in [1.82, 2.24) is 9.80 Å². The lowest BCUT2D eigenvalue weighted by molar-refractivity contribution is 0.241. The summed E-state index contributed by atoms with van der Waals surface area (Å²) in [6.07, 6.45) is 1.39. The molecule has 2 heterocycles. The van der Waals surface area contributed by atoms with Crippen molar-refractivity contribution < 1.29 is 0 Å². The third-order valence-electron chi connectivity index (χ3n) is 4.24. The van der Waals surface area contributed by atoms with Crippen molar-refractivity contribution in [2.45, 2.75) is 13.0 Å². The van der Waals surface area contributed by atoms with Crippen molar-refractivity contribution in [3.05, 3.63) is 35.9 Å². The topological polar surface area (TPSA) is 6.48 Å². The van der Waals surface area contributed by atoms with Gasteiger partial charge in [-0.15, -0.1) is 0 Å². The fraction of sp³-hybridized carbons (Fsp3) is 0.625. The smallest absolute Gasteiger partial charge is 0.0233 e.